The molecule has 0 aliphatic rings. The molecule has 0 spiro atoms. The van der Waals surface area contributed by atoms with E-state index < -0.39 is 0 Å². The molecule has 0 radical (unpaired) electrons. The zero-order chi connectivity index (χ0) is 13.1. The third-order valence-electron chi connectivity index (χ3n) is 2.56. The van der Waals surface area contributed by atoms with Crippen LogP contribution >= 0.6 is 46.1 Å². The molecule has 5 heteroatoms. The Balaban J connectivity index is 2.41. The van der Waals surface area contributed by atoms with E-state index in [1.54, 1.807) is 17.4 Å². The second-order valence-corrected chi connectivity index (χ2v) is 6.39. The molecule has 1 atom stereocenters. The lowest BCUT2D eigenvalue weighted by Gasteiger charge is -2.18. The Hall–Kier alpha value is -0.250. The minimum atomic E-state index is 0.0530. The van der Waals surface area contributed by atoms with Gasteiger partial charge >= 0.3 is 0 Å². The van der Waals surface area contributed by atoms with Gasteiger partial charge in [-0.3, -0.25) is 0 Å². The van der Waals surface area contributed by atoms with Crippen LogP contribution in [0.25, 0.3) is 0 Å². The Kier molecular flexibility index (Phi) is 4.93. The highest BCUT2D eigenvalue weighted by atomic mass is 35.5. The molecular weight excluding hydrogens is 309 g/mol. The van der Waals surface area contributed by atoms with Gasteiger partial charge in [0.25, 0.3) is 0 Å². The molecule has 2 aromatic rings. The second kappa shape index (κ2) is 6.27. The first-order valence-electron chi connectivity index (χ1n) is 5.55. The van der Waals surface area contributed by atoms with Crippen molar-refractivity contribution in [2.45, 2.75) is 13.0 Å². The molecule has 0 bridgehead atoms. The molecule has 2 rings (SSSR count). The van der Waals surface area contributed by atoms with Crippen LogP contribution in [0.4, 0.5) is 0 Å². The van der Waals surface area contributed by atoms with Crippen LogP contribution in [-0.2, 0) is 0 Å². The molecule has 0 saturated heterocycles. The quantitative estimate of drug-likeness (QED) is 0.794. The van der Waals surface area contributed by atoms with E-state index in [0.29, 0.717) is 10.0 Å². The summed E-state index contributed by atoms with van der Waals surface area (Å²) in [5, 5.41) is 4.72. The number of benzene rings is 1. The van der Waals surface area contributed by atoms with Gasteiger partial charge in [-0.05, 0) is 36.4 Å². The van der Waals surface area contributed by atoms with Gasteiger partial charge < -0.3 is 5.32 Å². The molecule has 0 aliphatic heterocycles. The molecule has 96 valence electrons. The molecule has 0 amide bonds. The van der Waals surface area contributed by atoms with Gasteiger partial charge in [0.2, 0.25) is 0 Å². The minimum Gasteiger partial charge on any atom is -0.306 e. The van der Waals surface area contributed by atoms with E-state index >= 15 is 0 Å². The van der Waals surface area contributed by atoms with Crippen LogP contribution in [-0.4, -0.2) is 6.54 Å². The van der Waals surface area contributed by atoms with E-state index in [2.05, 4.69) is 12.2 Å². The maximum Gasteiger partial charge on any atom is 0.0931 e. The van der Waals surface area contributed by atoms with E-state index in [0.717, 1.165) is 21.3 Å². The Labute approximate surface area is 126 Å². The fraction of sp³-hybridized carbons (Fsp3) is 0.231. The molecule has 0 saturated carbocycles. The van der Waals surface area contributed by atoms with Crippen molar-refractivity contribution in [1.82, 2.24) is 5.32 Å². The smallest absolute Gasteiger partial charge is 0.0931 e. The summed E-state index contributed by atoms with van der Waals surface area (Å²) in [5.41, 5.74) is 1.02. The van der Waals surface area contributed by atoms with Crippen molar-refractivity contribution in [3.05, 3.63) is 55.2 Å². The van der Waals surface area contributed by atoms with Crippen LogP contribution in [0.3, 0.4) is 0 Å². The second-order valence-electron chi connectivity index (χ2n) is 3.80. The van der Waals surface area contributed by atoms with Gasteiger partial charge in [0.1, 0.15) is 0 Å². The average molecular weight is 321 g/mol. The Morgan fingerprint density at radius 1 is 1.17 bits per heavy atom. The fourth-order valence-electron chi connectivity index (χ4n) is 1.79. The lowest BCUT2D eigenvalue weighted by molar-refractivity contribution is 0.640. The third-order valence-corrected chi connectivity index (χ3v) is 4.42. The summed E-state index contributed by atoms with van der Waals surface area (Å²) in [6.07, 6.45) is 0. The monoisotopic (exact) mass is 319 g/mol. The molecule has 0 aliphatic carbocycles. The van der Waals surface area contributed by atoms with Gasteiger partial charge in [-0.1, -0.05) is 47.8 Å². The van der Waals surface area contributed by atoms with Gasteiger partial charge in [-0.25, -0.2) is 0 Å². The molecule has 18 heavy (non-hydrogen) atoms. The molecule has 1 unspecified atom stereocenters. The predicted octanol–water partition coefficient (Wildman–Crippen LogP) is 5.41. The number of rotatable bonds is 4. The molecule has 1 aromatic heterocycles. The van der Waals surface area contributed by atoms with Crippen molar-refractivity contribution in [2.75, 3.05) is 6.54 Å². The molecule has 1 N–H and O–H groups in total. The van der Waals surface area contributed by atoms with Crippen LogP contribution in [0.15, 0.2) is 30.3 Å². The van der Waals surface area contributed by atoms with Gasteiger partial charge in [0.05, 0.1) is 10.4 Å². The summed E-state index contributed by atoms with van der Waals surface area (Å²) in [4.78, 5) is 1.14. The van der Waals surface area contributed by atoms with Gasteiger partial charge in [0, 0.05) is 14.9 Å². The van der Waals surface area contributed by atoms with E-state index in [4.69, 9.17) is 34.8 Å². The number of nitrogens with one attached hydrogen (secondary N) is 1. The first-order chi connectivity index (χ1) is 8.61. The Morgan fingerprint density at radius 2 is 1.94 bits per heavy atom. The molecule has 1 nitrogen and oxygen atoms in total. The van der Waals surface area contributed by atoms with Crippen molar-refractivity contribution in [3.63, 3.8) is 0 Å². The summed E-state index contributed by atoms with van der Waals surface area (Å²) < 4.78 is 0.776. The number of thiophene rings is 1. The van der Waals surface area contributed by atoms with E-state index in [1.807, 2.05) is 24.3 Å². The molecule has 1 heterocycles. The number of hydrogen-bond donors (Lipinski definition) is 1. The van der Waals surface area contributed by atoms with E-state index in [1.165, 1.54) is 0 Å². The van der Waals surface area contributed by atoms with Gasteiger partial charge in [-0.15, -0.1) is 11.3 Å². The summed E-state index contributed by atoms with van der Waals surface area (Å²) in [6, 6.07) is 9.53. The third kappa shape index (κ3) is 3.19. The van der Waals surface area contributed by atoms with E-state index in [-0.39, 0.29) is 6.04 Å². The van der Waals surface area contributed by atoms with Crippen LogP contribution in [0, 0.1) is 0 Å². The first-order valence-corrected chi connectivity index (χ1v) is 7.50. The number of halogens is 3. The van der Waals surface area contributed by atoms with Gasteiger partial charge in [-0.2, -0.15) is 0 Å². The minimum absolute atomic E-state index is 0.0530. The highest BCUT2D eigenvalue weighted by Crippen LogP contribution is 2.35. The first kappa shape index (κ1) is 14.2. The van der Waals surface area contributed by atoms with Crippen LogP contribution < -0.4 is 5.32 Å². The average Bonchev–Trinajstić information content (AvgIpc) is 2.73. The summed E-state index contributed by atoms with van der Waals surface area (Å²) >= 11 is 19.7. The molecular formula is C13H12Cl3NS. The van der Waals surface area contributed by atoms with Crippen LogP contribution in [0.5, 0.6) is 0 Å². The van der Waals surface area contributed by atoms with Crippen molar-refractivity contribution in [1.29, 1.82) is 0 Å². The summed E-state index contributed by atoms with van der Waals surface area (Å²) in [7, 11) is 0. The van der Waals surface area contributed by atoms with Crippen LogP contribution in [0.2, 0.25) is 14.4 Å². The van der Waals surface area contributed by atoms with Crippen LogP contribution in [0.1, 0.15) is 23.4 Å². The van der Waals surface area contributed by atoms with Crippen molar-refractivity contribution >= 4 is 46.1 Å². The van der Waals surface area contributed by atoms with Crippen molar-refractivity contribution in [3.8, 4) is 0 Å². The van der Waals surface area contributed by atoms with Crippen molar-refractivity contribution in [2.24, 2.45) is 0 Å². The summed E-state index contributed by atoms with van der Waals surface area (Å²) in [5.74, 6) is 0. The van der Waals surface area contributed by atoms with E-state index in [9.17, 15) is 0 Å². The molecule has 1 aromatic carbocycles. The van der Waals surface area contributed by atoms with Crippen molar-refractivity contribution < 1.29 is 0 Å². The topological polar surface area (TPSA) is 12.0 Å². The lowest BCUT2D eigenvalue weighted by atomic mass is 10.1. The summed E-state index contributed by atoms with van der Waals surface area (Å²) in [6.45, 7) is 2.91. The zero-order valence-corrected chi connectivity index (χ0v) is 12.8. The largest absolute Gasteiger partial charge is 0.306 e. The highest BCUT2D eigenvalue weighted by Gasteiger charge is 2.18. The van der Waals surface area contributed by atoms with Gasteiger partial charge in [0.15, 0.2) is 0 Å². The fourth-order valence-corrected chi connectivity index (χ4v) is 3.46. The SMILES string of the molecule is CCNC(c1ccc(Cl)s1)c1ccc(Cl)cc1Cl. The number of hydrogen-bond acceptors (Lipinski definition) is 2. The lowest BCUT2D eigenvalue weighted by Crippen LogP contribution is -2.21. The zero-order valence-electron chi connectivity index (χ0n) is 9.71. The maximum absolute atomic E-state index is 6.26. The normalized spacial score (nSPS) is 12.7. The highest BCUT2D eigenvalue weighted by molar-refractivity contribution is 7.16. The Morgan fingerprint density at radius 3 is 2.50 bits per heavy atom. The molecule has 0 fully saturated rings. The Bertz CT molecular complexity index is 539. The predicted molar refractivity (Wildman–Crippen MR) is 81.3 cm³/mol. The standard InChI is InChI=1S/C13H12Cl3NS/c1-2-17-13(11-5-6-12(16)18-11)9-4-3-8(14)7-10(9)15/h3-7,13,17H,2H2,1H3. The maximum atomic E-state index is 6.26.